The van der Waals surface area contributed by atoms with Crippen molar-refractivity contribution in [1.82, 2.24) is 0 Å². The molecule has 278 valence electrons. The molecule has 2 spiro atoms. The summed E-state index contributed by atoms with van der Waals surface area (Å²) < 4.78 is 32.3. The number of nitrogens with zero attached hydrogens (tertiary/aromatic N) is 2. The number of unbranched alkanes of at least 4 members (excludes halogenated alkanes) is 3. The van der Waals surface area contributed by atoms with Gasteiger partial charge in [0, 0.05) is 22.0 Å². The molecule has 0 amide bonds. The number of hydrogen-bond acceptors (Lipinski definition) is 11. The molecule has 9 rings (SSSR count). The van der Waals surface area contributed by atoms with Gasteiger partial charge in [0.2, 0.25) is 0 Å². The van der Waals surface area contributed by atoms with Crippen LogP contribution < -0.4 is 0 Å². The summed E-state index contributed by atoms with van der Waals surface area (Å²) in [5, 5.41) is 12.9. The van der Waals surface area contributed by atoms with Gasteiger partial charge in [-0.1, -0.05) is 51.5 Å². The summed E-state index contributed by atoms with van der Waals surface area (Å²) in [7, 11) is 0. The van der Waals surface area contributed by atoms with Crippen LogP contribution in [-0.2, 0) is 38.1 Å². The molecule has 6 aliphatic heterocycles. The summed E-state index contributed by atoms with van der Waals surface area (Å²) in [6, 6.07) is 0. The minimum atomic E-state index is -1.34. The Kier molecular flexibility index (Phi) is 8.09. The smallest absolute Gasteiger partial charge is 0.339 e. The van der Waals surface area contributed by atoms with Crippen LogP contribution in [0.3, 0.4) is 0 Å². The van der Waals surface area contributed by atoms with Crippen molar-refractivity contribution >= 4 is 29.8 Å². The molecular weight excluding hydrogens is 652 g/mol. The van der Waals surface area contributed by atoms with Crippen LogP contribution in [0.5, 0.6) is 0 Å². The second-order valence-corrected chi connectivity index (χ2v) is 17.9. The largest absolute Gasteiger partial charge is 0.465 e. The number of aliphatic imine (C=N–C) groups is 2. The maximum atomic E-state index is 15.0. The molecule has 3 aliphatic carbocycles. The SMILES string of the molecule is CC1(C)O[C@H]2CC(=O)OC[C@@]23[C@@H]1C(=O)[C@@H](O)[C@]1(C2CCCCC2)[C@@H]3CC[C@@]2(C)[C@H](C3=CCOC3CCCCCCC3=NC=NC3)OC(=O)[C@H]3O[C@@]312. The summed E-state index contributed by atoms with van der Waals surface area (Å²) in [5.74, 6) is -1.91. The number of carbonyl (C=O) groups is 3. The van der Waals surface area contributed by atoms with Crippen molar-refractivity contribution in [1.29, 1.82) is 0 Å². The van der Waals surface area contributed by atoms with Crippen molar-refractivity contribution in [3.8, 4) is 0 Å². The van der Waals surface area contributed by atoms with E-state index in [-0.39, 0.29) is 42.7 Å². The Hall–Kier alpha value is -2.47. The topological polar surface area (TPSA) is 146 Å². The number of Topliss-reactive ketones (excluding diaryl/α,β-unsaturated/α-hetero) is 1. The second-order valence-electron chi connectivity index (χ2n) is 17.9. The van der Waals surface area contributed by atoms with Gasteiger partial charge in [-0.2, -0.15) is 0 Å². The van der Waals surface area contributed by atoms with E-state index >= 15 is 4.79 Å². The molecule has 6 heterocycles. The number of hydrogen-bond donors (Lipinski definition) is 1. The van der Waals surface area contributed by atoms with E-state index in [1.807, 2.05) is 13.8 Å². The molecule has 3 saturated carbocycles. The summed E-state index contributed by atoms with van der Waals surface area (Å²) in [5.41, 5.74) is -2.43. The summed E-state index contributed by atoms with van der Waals surface area (Å²) >= 11 is 0. The van der Waals surface area contributed by atoms with Gasteiger partial charge < -0.3 is 28.8 Å². The zero-order valence-electron chi connectivity index (χ0n) is 30.4. The van der Waals surface area contributed by atoms with Crippen LogP contribution >= 0.6 is 0 Å². The third-order valence-electron chi connectivity index (χ3n) is 15.3. The lowest BCUT2D eigenvalue weighted by atomic mass is 9.33. The van der Waals surface area contributed by atoms with Crippen molar-refractivity contribution in [2.24, 2.45) is 44.0 Å². The Morgan fingerprint density at radius 1 is 0.961 bits per heavy atom. The first kappa shape index (κ1) is 34.3. The van der Waals surface area contributed by atoms with Gasteiger partial charge in [0.1, 0.15) is 30.8 Å². The van der Waals surface area contributed by atoms with Crippen LogP contribution in [0.4, 0.5) is 0 Å². The third-order valence-corrected chi connectivity index (χ3v) is 15.3. The van der Waals surface area contributed by atoms with Crippen LogP contribution in [0.15, 0.2) is 21.6 Å². The highest BCUT2D eigenvalue weighted by Gasteiger charge is 2.92. The van der Waals surface area contributed by atoms with Crippen LogP contribution in [0.1, 0.15) is 111 Å². The molecule has 1 N–H and O–H groups in total. The first-order valence-electron chi connectivity index (χ1n) is 19.8. The number of aliphatic hydroxyl groups is 1. The molecule has 0 radical (unpaired) electrons. The molecule has 0 bridgehead atoms. The lowest BCUT2D eigenvalue weighted by Crippen LogP contribution is -2.79. The monoisotopic (exact) mass is 706 g/mol. The van der Waals surface area contributed by atoms with E-state index in [9.17, 15) is 14.7 Å². The minimum Gasteiger partial charge on any atom is -0.465 e. The molecule has 4 saturated heterocycles. The average molecular weight is 707 g/mol. The second kappa shape index (κ2) is 12.0. The predicted molar refractivity (Wildman–Crippen MR) is 185 cm³/mol. The first-order valence-corrected chi connectivity index (χ1v) is 19.8. The maximum absolute atomic E-state index is 15.0. The van der Waals surface area contributed by atoms with Crippen LogP contribution in [0.25, 0.3) is 0 Å². The number of ketones is 1. The molecule has 11 nitrogen and oxygen atoms in total. The summed E-state index contributed by atoms with van der Waals surface area (Å²) in [6.45, 7) is 7.29. The van der Waals surface area contributed by atoms with Gasteiger partial charge in [-0.15, -0.1) is 0 Å². The molecule has 51 heavy (non-hydrogen) atoms. The Balaban J connectivity index is 1.07. The number of aliphatic hydroxyl groups excluding tert-OH is 1. The lowest BCUT2D eigenvalue weighted by molar-refractivity contribution is -0.272. The number of epoxide rings is 1. The van der Waals surface area contributed by atoms with E-state index < -0.39 is 63.8 Å². The van der Waals surface area contributed by atoms with E-state index in [1.165, 1.54) is 0 Å². The van der Waals surface area contributed by atoms with E-state index in [1.54, 1.807) is 6.34 Å². The molecule has 11 heteroatoms. The standard InChI is InChI=1S/C40H54N2O9/c1-36(2)31-30(44)32(45)39(23-11-7-6-8-12-23)27(38(31)21-48-29(43)19-28(38)50-36)15-17-37(3)33(49-35(46)34-40(37,39)51-34)25-16-18-47-26(25)14-10-5-4-9-13-24-20-41-22-42-24/h16,22-23,26-28,31-34,45H,4-15,17-21H2,1-3H3/t26?,27-,28+,31-,32-,33+,34-,37+,38+,39+,40-/m1/s1. The van der Waals surface area contributed by atoms with E-state index in [0.717, 1.165) is 88.5 Å². The van der Waals surface area contributed by atoms with Crippen LogP contribution in [0, 0.1) is 34.0 Å². The number of fused-ring (bicyclic) bond motifs is 1. The zero-order chi connectivity index (χ0) is 35.4. The van der Waals surface area contributed by atoms with Crippen LogP contribution in [0.2, 0.25) is 0 Å². The molecule has 11 atom stereocenters. The van der Waals surface area contributed by atoms with Gasteiger partial charge in [0.25, 0.3) is 0 Å². The van der Waals surface area contributed by atoms with Crippen molar-refractivity contribution < 1.29 is 43.2 Å². The van der Waals surface area contributed by atoms with Gasteiger partial charge in [-0.05, 0) is 76.2 Å². The highest BCUT2D eigenvalue weighted by atomic mass is 16.7. The van der Waals surface area contributed by atoms with Gasteiger partial charge >= 0.3 is 11.9 Å². The molecular formula is C40H54N2O9. The summed E-state index contributed by atoms with van der Waals surface area (Å²) in [4.78, 5) is 50.6. The molecule has 0 aromatic rings. The van der Waals surface area contributed by atoms with Crippen molar-refractivity contribution in [3.05, 3.63) is 11.6 Å². The lowest BCUT2D eigenvalue weighted by Gasteiger charge is -2.70. The Bertz CT molecular complexity index is 1580. The van der Waals surface area contributed by atoms with Crippen LogP contribution in [-0.4, -0.2) is 96.4 Å². The van der Waals surface area contributed by atoms with Gasteiger partial charge in [0.05, 0.1) is 43.3 Å². The molecule has 1 unspecified atom stereocenters. The number of rotatable bonds is 9. The Morgan fingerprint density at radius 3 is 2.55 bits per heavy atom. The first-order chi connectivity index (χ1) is 24.5. The highest BCUT2D eigenvalue weighted by Crippen LogP contribution is 2.81. The third kappa shape index (κ3) is 4.53. The fourth-order valence-corrected chi connectivity index (χ4v) is 13.5. The Morgan fingerprint density at radius 2 is 1.76 bits per heavy atom. The zero-order valence-corrected chi connectivity index (χ0v) is 30.4. The maximum Gasteiger partial charge on any atom is 0.339 e. The fourth-order valence-electron chi connectivity index (χ4n) is 13.5. The highest BCUT2D eigenvalue weighted by molar-refractivity contribution is 5.96. The Labute approximate surface area is 300 Å². The predicted octanol–water partition coefficient (Wildman–Crippen LogP) is 4.85. The molecule has 0 aromatic heterocycles. The molecule has 7 fully saturated rings. The van der Waals surface area contributed by atoms with E-state index in [0.29, 0.717) is 19.4 Å². The quantitative estimate of drug-likeness (QED) is 0.154. The molecule has 9 aliphatic rings. The number of carbonyl (C=O) groups excluding carboxylic acids is 3. The normalized spacial score (nSPS) is 46.6. The van der Waals surface area contributed by atoms with Gasteiger partial charge in [-0.25, -0.2) is 9.79 Å². The van der Waals surface area contributed by atoms with Crippen molar-refractivity contribution in [2.45, 2.75) is 152 Å². The fraction of sp³-hybridized carbons (Fsp3) is 0.825. The number of esters is 2. The van der Waals surface area contributed by atoms with E-state index in [4.69, 9.17) is 23.7 Å². The van der Waals surface area contributed by atoms with Gasteiger partial charge in [-0.3, -0.25) is 14.6 Å². The minimum absolute atomic E-state index is 0.0462. The number of cyclic esters (lactones) is 2. The van der Waals surface area contributed by atoms with E-state index in [2.05, 4.69) is 23.0 Å². The van der Waals surface area contributed by atoms with Crippen molar-refractivity contribution in [3.63, 3.8) is 0 Å². The van der Waals surface area contributed by atoms with Gasteiger partial charge in [0.15, 0.2) is 11.9 Å². The molecule has 0 aromatic carbocycles. The average Bonchev–Trinajstić information content (AvgIpc) is 3.36. The van der Waals surface area contributed by atoms with Crippen molar-refractivity contribution in [2.75, 3.05) is 19.8 Å². The summed E-state index contributed by atoms with van der Waals surface area (Å²) in [6.07, 6.45) is 12.6. The number of ether oxygens (including phenoxy) is 5.